The summed E-state index contributed by atoms with van der Waals surface area (Å²) < 4.78 is 4.90. The third kappa shape index (κ3) is 4.37. The summed E-state index contributed by atoms with van der Waals surface area (Å²) in [4.78, 5) is 27.9. The molecule has 0 spiro atoms. The summed E-state index contributed by atoms with van der Waals surface area (Å²) in [6.45, 7) is 0.0974. The summed E-state index contributed by atoms with van der Waals surface area (Å²) in [5, 5.41) is 2.71. The molecule has 0 aliphatic heterocycles. The fourth-order valence-electron chi connectivity index (χ4n) is 1.83. The van der Waals surface area contributed by atoms with Crippen LogP contribution < -0.4 is 10.2 Å². The molecule has 1 aromatic heterocycles. The summed E-state index contributed by atoms with van der Waals surface area (Å²) in [5.74, 6) is -0.882. The Morgan fingerprint density at radius 2 is 1.91 bits per heavy atom. The molecule has 22 heavy (non-hydrogen) atoms. The number of H-pyrrole nitrogens is 1. The van der Waals surface area contributed by atoms with Crippen molar-refractivity contribution >= 4 is 17.6 Å². The topological polar surface area (TPSA) is 74.4 Å². The standard InChI is InChI=1S/C16H19N3O3/c1-19(2)13-7-5-12(6-8-13)10-18-15(20)11-22-16(21)14-4-3-9-17-14/h3-9,17H,10-11H2,1-2H3,(H,18,20). The molecule has 0 aliphatic carbocycles. The normalized spacial score (nSPS) is 10.1. The Labute approximate surface area is 129 Å². The Kier molecular flexibility index (Phi) is 5.19. The van der Waals surface area contributed by atoms with Crippen LogP contribution in [-0.4, -0.2) is 37.6 Å². The van der Waals surface area contributed by atoms with Gasteiger partial charge in [0.2, 0.25) is 0 Å². The average Bonchev–Trinajstić information content (AvgIpc) is 3.05. The van der Waals surface area contributed by atoms with Crippen molar-refractivity contribution < 1.29 is 14.3 Å². The van der Waals surface area contributed by atoms with Crippen LogP contribution in [0.25, 0.3) is 0 Å². The number of amides is 1. The van der Waals surface area contributed by atoms with Gasteiger partial charge in [-0.1, -0.05) is 12.1 Å². The van der Waals surface area contributed by atoms with Gasteiger partial charge in [-0.2, -0.15) is 0 Å². The van der Waals surface area contributed by atoms with Gasteiger partial charge < -0.3 is 19.9 Å². The number of aromatic nitrogens is 1. The number of ether oxygens (including phenoxy) is 1. The van der Waals surface area contributed by atoms with Crippen LogP contribution in [0.15, 0.2) is 42.6 Å². The second kappa shape index (κ2) is 7.31. The monoisotopic (exact) mass is 301 g/mol. The molecule has 1 amide bonds. The van der Waals surface area contributed by atoms with E-state index in [4.69, 9.17) is 4.74 Å². The number of benzene rings is 1. The number of hydrogen-bond donors (Lipinski definition) is 2. The van der Waals surface area contributed by atoms with Gasteiger partial charge in [-0.15, -0.1) is 0 Å². The summed E-state index contributed by atoms with van der Waals surface area (Å²) >= 11 is 0. The highest BCUT2D eigenvalue weighted by molar-refractivity contribution is 5.89. The van der Waals surface area contributed by atoms with Gasteiger partial charge in [-0.25, -0.2) is 4.79 Å². The predicted molar refractivity (Wildman–Crippen MR) is 83.7 cm³/mol. The SMILES string of the molecule is CN(C)c1ccc(CNC(=O)COC(=O)c2ccc[nH]2)cc1. The van der Waals surface area contributed by atoms with E-state index < -0.39 is 5.97 Å². The lowest BCUT2D eigenvalue weighted by Gasteiger charge is -2.13. The van der Waals surface area contributed by atoms with Gasteiger partial charge in [0.1, 0.15) is 5.69 Å². The van der Waals surface area contributed by atoms with E-state index in [1.165, 1.54) is 0 Å². The van der Waals surface area contributed by atoms with Crippen LogP contribution in [0.1, 0.15) is 16.1 Å². The molecule has 6 heteroatoms. The highest BCUT2D eigenvalue weighted by Crippen LogP contribution is 2.11. The van der Waals surface area contributed by atoms with Gasteiger partial charge in [-0.3, -0.25) is 4.79 Å². The molecule has 6 nitrogen and oxygen atoms in total. The molecule has 2 aromatic rings. The third-order valence-electron chi connectivity index (χ3n) is 3.09. The lowest BCUT2D eigenvalue weighted by atomic mass is 10.2. The van der Waals surface area contributed by atoms with Crippen molar-refractivity contribution in [2.24, 2.45) is 0 Å². The van der Waals surface area contributed by atoms with E-state index in [0.717, 1.165) is 11.3 Å². The van der Waals surface area contributed by atoms with Gasteiger partial charge in [-0.05, 0) is 29.8 Å². The summed E-state index contributed by atoms with van der Waals surface area (Å²) in [6, 6.07) is 11.1. The summed E-state index contributed by atoms with van der Waals surface area (Å²) in [7, 11) is 3.94. The van der Waals surface area contributed by atoms with Crippen LogP contribution in [0.5, 0.6) is 0 Å². The number of nitrogens with zero attached hydrogens (tertiary/aromatic N) is 1. The summed E-state index contributed by atoms with van der Waals surface area (Å²) in [6.07, 6.45) is 1.62. The molecule has 0 saturated heterocycles. The van der Waals surface area contributed by atoms with E-state index in [1.807, 2.05) is 43.3 Å². The third-order valence-corrected chi connectivity index (χ3v) is 3.09. The van der Waals surface area contributed by atoms with Crippen LogP contribution in [-0.2, 0) is 16.1 Å². The van der Waals surface area contributed by atoms with Gasteiger partial charge in [0.15, 0.2) is 6.61 Å². The molecule has 116 valence electrons. The first kappa shape index (κ1) is 15.6. The van der Waals surface area contributed by atoms with Crippen molar-refractivity contribution in [3.05, 3.63) is 53.9 Å². The first-order valence-electron chi connectivity index (χ1n) is 6.90. The Bertz CT molecular complexity index is 619. The van der Waals surface area contributed by atoms with Crippen LogP contribution in [0, 0.1) is 0 Å². The van der Waals surface area contributed by atoms with Crippen molar-refractivity contribution in [2.75, 3.05) is 25.6 Å². The number of nitrogens with one attached hydrogen (secondary N) is 2. The van der Waals surface area contributed by atoms with Crippen LogP contribution in [0.3, 0.4) is 0 Å². The lowest BCUT2D eigenvalue weighted by molar-refractivity contribution is -0.124. The Balaban J connectivity index is 1.74. The number of carbonyl (C=O) groups excluding carboxylic acids is 2. The number of aromatic amines is 1. The quantitative estimate of drug-likeness (QED) is 0.794. The molecule has 0 aliphatic rings. The number of esters is 1. The predicted octanol–water partition coefficient (Wildman–Crippen LogP) is 1.55. The molecule has 0 bridgehead atoms. The van der Waals surface area contributed by atoms with E-state index in [1.54, 1.807) is 18.3 Å². The highest BCUT2D eigenvalue weighted by Gasteiger charge is 2.10. The van der Waals surface area contributed by atoms with Gasteiger partial charge >= 0.3 is 5.97 Å². The zero-order chi connectivity index (χ0) is 15.9. The lowest BCUT2D eigenvalue weighted by Crippen LogP contribution is -2.28. The molecule has 1 heterocycles. The minimum absolute atomic E-state index is 0.298. The Morgan fingerprint density at radius 1 is 1.18 bits per heavy atom. The van der Waals surface area contributed by atoms with E-state index in [0.29, 0.717) is 12.2 Å². The molecule has 0 radical (unpaired) electrons. The molecular formula is C16H19N3O3. The number of anilines is 1. The second-order valence-corrected chi connectivity index (χ2v) is 5.00. The van der Waals surface area contributed by atoms with E-state index in [2.05, 4.69) is 10.3 Å². The van der Waals surface area contributed by atoms with E-state index in [9.17, 15) is 9.59 Å². The van der Waals surface area contributed by atoms with Crippen molar-refractivity contribution in [3.8, 4) is 0 Å². The Morgan fingerprint density at radius 3 is 2.50 bits per heavy atom. The average molecular weight is 301 g/mol. The Hall–Kier alpha value is -2.76. The number of rotatable bonds is 6. The fourth-order valence-corrected chi connectivity index (χ4v) is 1.83. The fraction of sp³-hybridized carbons (Fsp3) is 0.250. The minimum Gasteiger partial charge on any atom is -0.451 e. The summed E-state index contributed by atoms with van der Waals surface area (Å²) in [5.41, 5.74) is 2.40. The number of carbonyl (C=O) groups is 2. The van der Waals surface area contributed by atoms with Crippen LogP contribution >= 0.6 is 0 Å². The molecule has 0 unspecified atom stereocenters. The molecule has 2 rings (SSSR count). The smallest absolute Gasteiger partial charge is 0.355 e. The van der Waals surface area contributed by atoms with Gasteiger partial charge in [0, 0.05) is 32.5 Å². The van der Waals surface area contributed by atoms with Crippen molar-refractivity contribution in [2.45, 2.75) is 6.54 Å². The van der Waals surface area contributed by atoms with E-state index >= 15 is 0 Å². The van der Waals surface area contributed by atoms with Crippen molar-refractivity contribution in [3.63, 3.8) is 0 Å². The molecule has 0 fully saturated rings. The maximum atomic E-state index is 11.7. The molecule has 0 atom stereocenters. The highest BCUT2D eigenvalue weighted by atomic mass is 16.5. The first-order chi connectivity index (χ1) is 10.6. The molecular weight excluding hydrogens is 282 g/mol. The molecule has 0 saturated carbocycles. The maximum absolute atomic E-state index is 11.7. The maximum Gasteiger partial charge on any atom is 0.355 e. The van der Waals surface area contributed by atoms with Crippen molar-refractivity contribution in [1.82, 2.24) is 10.3 Å². The van der Waals surface area contributed by atoms with Gasteiger partial charge in [0.05, 0.1) is 0 Å². The van der Waals surface area contributed by atoms with Gasteiger partial charge in [0.25, 0.3) is 5.91 Å². The van der Waals surface area contributed by atoms with Crippen LogP contribution in [0.2, 0.25) is 0 Å². The minimum atomic E-state index is -0.546. The first-order valence-corrected chi connectivity index (χ1v) is 6.90. The van der Waals surface area contributed by atoms with E-state index in [-0.39, 0.29) is 12.5 Å². The molecule has 1 aromatic carbocycles. The zero-order valence-corrected chi connectivity index (χ0v) is 12.6. The second-order valence-electron chi connectivity index (χ2n) is 5.00. The molecule has 2 N–H and O–H groups in total. The van der Waals surface area contributed by atoms with Crippen molar-refractivity contribution in [1.29, 1.82) is 0 Å². The number of hydrogen-bond acceptors (Lipinski definition) is 4. The zero-order valence-electron chi connectivity index (χ0n) is 12.6. The largest absolute Gasteiger partial charge is 0.451 e. The van der Waals surface area contributed by atoms with Crippen LogP contribution in [0.4, 0.5) is 5.69 Å².